The number of carbonyl (C=O) groups is 2. The first-order valence-electron chi connectivity index (χ1n) is 9.08. The lowest BCUT2D eigenvalue weighted by atomic mass is 9.97. The lowest BCUT2D eigenvalue weighted by molar-refractivity contribution is -0.133. The normalized spacial score (nSPS) is 15.3. The fourth-order valence-electron chi connectivity index (χ4n) is 3.09. The number of halogens is 1. The highest BCUT2D eigenvalue weighted by Crippen LogP contribution is 2.21. The number of para-hydroxylation sites is 1. The maximum atomic E-state index is 13.0. The predicted octanol–water partition coefficient (Wildman–Crippen LogP) is 3.66. The molecule has 27 heavy (non-hydrogen) atoms. The Bertz CT molecular complexity index is 772. The van der Waals surface area contributed by atoms with E-state index in [0.29, 0.717) is 38.3 Å². The number of nitrogens with zero attached hydrogens (tertiary/aromatic N) is 2. The van der Waals surface area contributed by atoms with Crippen LogP contribution in [0.15, 0.2) is 54.6 Å². The number of piperazine rings is 1. The summed E-state index contributed by atoms with van der Waals surface area (Å²) in [6.45, 7) is 3.82. The van der Waals surface area contributed by atoms with Gasteiger partial charge in [-0.15, -0.1) is 0 Å². The third kappa shape index (κ3) is 5.06. The van der Waals surface area contributed by atoms with Crippen LogP contribution in [0, 0.1) is 5.82 Å². The Labute approximate surface area is 158 Å². The number of hydrogen-bond donors (Lipinski definition) is 0. The molecule has 0 radical (unpaired) electrons. The molecule has 0 saturated carbocycles. The van der Waals surface area contributed by atoms with Crippen LogP contribution in [0.4, 0.5) is 9.18 Å². The summed E-state index contributed by atoms with van der Waals surface area (Å²) in [6.07, 6.45) is -0.0342. The van der Waals surface area contributed by atoms with Gasteiger partial charge in [0.05, 0.1) is 0 Å². The Kier molecular flexibility index (Phi) is 6.06. The SMILES string of the molecule is CC(CC(=O)N1CCN(C(=O)Oc2ccccc2)CC1)c1ccc(F)cc1. The van der Waals surface area contributed by atoms with Crippen molar-refractivity contribution in [3.63, 3.8) is 0 Å². The highest BCUT2D eigenvalue weighted by molar-refractivity contribution is 5.78. The van der Waals surface area contributed by atoms with E-state index in [1.165, 1.54) is 12.1 Å². The van der Waals surface area contributed by atoms with Crippen molar-refractivity contribution in [3.05, 3.63) is 66.0 Å². The predicted molar refractivity (Wildman–Crippen MR) is 100 cm³/mol. The second-order valence-electron chi connectivity index (χ2n) is 6.71. The highest BCUT2D eigenvalue weighted by atomic mass is 19.1. The molecule has 6 heteroatoms. The topological polar surface area (TPSA) is 49.9 Å². The van der Waals surface area contributed by atoms with Crippen LogP contribution >= 0.6 is 0 Å². The number of amides is 2. The monoisotopic (exact) mass is 370 g/mol. The Morgan fingerprint density at radius 1 is 0.963 bits per heavy atom. The van der Waals surface area contributed by atoms with Crippen molar-refractivity contribution in [1.82, 2.24) is 9.80 Å². The zero-order valence-corrected chi connectivity index (χ0v) is 15.3. The molecule has 0 aliphatic carbocycles. The van der Waals surface area contributed by atoms with Gasteiger partial charge in [0.2, 0.25) is 5.91 Å². The zero-order valence-electron chi connectivity index (χ0n) is 15.3. The molecule has 1 atom stereocenters. The fourth-order valence-corrected chi connectivity index (χ4v) is 3.09. The van der Waals surface area contributed by atoms with E-state index in [4.69, 9.17) is 4.74 Å². The van der Waals surface area contributed by atoms with Crippen molar-refractivity contribution in [2.24, 2.45) is 0 Å². The molecule has 1 unspecified atom stereocenters. The summed E-state index contributed by atoms with van der Waals surface area (Å²) in [4.78, 5) is 28.1. The van der Waals surface area contributed by atoms with Gasteiger partial charge in [-0.25, -0.2) is 9.18 Å². The van der Waals surface area contributed by atoms with Gasteiger partial charge in [-0.05, 0) is 35.7 Å². The molecule has 1 aliphatic heterocycles. The van der Waals surface area contributed by atoms with Gasteiger partial charge in [-0.3, -0.25) is 4.79 Å². The van der Waals surface area contributed by atoms with Crippen LogP contribution in [0.5, 0.6) is 5.75 Å². The van der Waals surface area contributed by atoms with Gasteiger partial charge >= 0.3 is 6.09 Å². The van der Waals surface area contributed by atoms with Gasteiger partial charge in [0.25, 0.3) is 0 Å². The van der Waals surface area contributed by atoms with Crippen molar-refractivity contribution in [2.45, 2.75) is 19.3 Å². The molecule has 2 aromatic carbocycles. The van der Waals surface area contributed by atoms with Crippen molar-refractivity contribution < 1.29 is 18.7 Å². The molecular formula is C21H23FN2O3. The molecule has 1 saturated heterocycles. The maximum absolute atomic E-state index is 13.0. The second-order valence-corrected chi connectivity index (χ2v) is 6.71. The lowest BCUT2D eigenvalue weighted by Gasteiger charge is -2.34. The Morgan fingerprint density at radius 3 is 2.19 bits per heavy atom. The molecule has 3 rings (SSSR count). The van der Waals surface area contributed by atoms with Crippen molar-refractivity contribution in [1.29, 1.82) is 0 Å². The molecule has 1 heterocycles. The molecule has 0 spiro atoms. The average molecular weight is 370 g/mol. The van der Waals surface area contributed by atoms with E-state index in [-0.39, 0.29) is 17.6 Å². The molecule has 2 amide bonds. The number of ether oxygens (including phenoxy) is 1. The van der Waals surface area contributed by atoms with E-state index < -0.39 is 6.09 Å². The summed E-state index contributed by atoms with van der Waals surface area (Å²) < 4.78 is 18.4. The summed E-state index contributed by atoms with van der Waals surface area (Å²) in [5.41, 5.74) is 0.940. The van der Waals surface area contributed by atoms with Crippen LogP contribution in [0.25, 0.3) is 0 Å². The third-order valence-corrected chi connectivity index (χ3v) is 4.76. The second kappa shape index (κ2) is 8.66. The Hall–Kier alpha value is -2.89. The molecule has 0 N–H and O–H groups in total. The smallest absolute Gasteiger partial charge is 0.410 e. The van der Waals surface area contributed by atoms with Crippen LogP contribution in [-0.4, -0.2) is 48.0 Å². The fraction of sp³-hybridized carbons (Fsp3) is 0.333. The van der Waals surface area contributed by atoms with Crippen LogP contribution in [0.2, 0.25) is 0 Å². The van der Waals surface area contributed by atoms with Crippen LogP contribution < -0.4 is 4.74 Å². The molecule has 0 aromatic heterocycles. The standard InChI is InChI=1S/C21H23FN2O3/c1-16(17-7-9-18(22)10-8-17)15-20(25)23-11-13-24(14-12-23)21(26)27-19-5-3-2-4-6-19/h2-10,16H,11-15H2,1H3. The largest absolute Gasteiger partial charge is 0.415 e. The van der Waals surface area contributed by atoms with Gasteiger partial charge in [-0.1, -0.05) is 37.3 Å². The third-order valence-electron chi connectivity index (χ3n) is 4.76. The first-order chi connectivity index (χ1) is 13.0. The molecule has 0 bridgehead atoms. The van der Waals surface area contributed by atoms with Crippen molar-refractivity contribution >= 4 is 12.0 Å². The molecule has 5 nitrogen and oxygen atoms in total. The summed E-state index contributed by atoms with van der Waals surface area (Å²) in [7, 11) is 0. The lowest BCUT2D eigenvalue weighted by Crippen LogP contribution is -2.51. The van der Waals surface area contributed by atoms with Crippen molar-refractivity contribution in [3.8, 4) is 5.75 Å². The van der Waals surface area contributed by atoms with Crippen LogP contribution in [0.3, 0.4) is 0 Å². The van der Waals surface area contributed by atoms with E-state index in [2.05, 4.69) is 0 Å². The number of benzene rings is 2. The number of hydrogen-bond acceptors (Lipinski definition) is 3. The first kappa shape index (κ1) is 18.9. The first-order valence-corrected chi connectivity index (χ1v) is 9.08. The highest BCUT2D eigenvalue weighted by Gasteiger charge is 2.26. The number of rotatable bonds is 4. The van der Waals surface area contributed by atoms with Gasteiger partial charge < -0.3 is 14.5 Å². The van der Waals surface area contributed by atoms with E-state index in [0.717, 1.165) is 5.56 Å². The molecule has 142 valence electrons. The number of carbonyl (C=O) groups excluding carboxylic acids is 2. The summed E-state index contributed by atoms with van der Waals surface area (Å²) in [5, 5.41) is 0. The van der Waals surface area contributed by atoms with E-state index in [9.17, 15) is 14.0 Å². The molecule has 2 aromatic rings. The molecule has 1 aliphatic rings. The minimum atomic E-state index is -0.395. The zero-order chi connectivity index (χ0) is 19.2. The minimum Gasteiger partial charge on any atom is -0.410 e. The van der Waals surface area contributed by atoms with Crippen LogP contribution in [-0.2, 0) is 4.79 Å². The Morgan fingerprint density at radius 2 is 1.56 bits per heavy atom. The van der Waals surface area contributed by atoms with Crippen LogP contribution in [0.1, 0.15) is 24.8 Å². The minimum absolute atomic E-state index is 0.0131. The van der Waals surface area contributed by atoms with Gasteiger partial charge in [0, 0.05) is 32.6 Å². The quantitative estimate of drug-likeness (QED) is 0.825. The summed E-state index contributed by atoms with van der Waals surface area (Å²) in [5.74, 6) is 0.284. The molecule has 1 fully saturated rings. The average Bonchev–Trinajstić information content (AvgIpc) is 2.69. The maximum Gasteiger partial charge on any atom is 0.415 e. The van der Waals surface area contributed by atoms with E-state index >= 15 is 0 Å². The van der Waals surface area contributed by atoms with Gasteiger partial charge in [0.1, 0.15) is 11.6 Å². The van der Waals surface area contributed by atoms with Gasteiger partial charge in [-0.2, -0.15) is 0 Å². The Balaban J connectivity index is 1.47. The van der Waals surface area contributed by atoms with E-state index in [1.54, 1.807) is 34.1 Å². The summed E-state index contributed by atoms with van der Waals surface area (Å²) >= 11 is 0. The molecular weight excluding hydrogens is 347 g/mol. The van der Waals surface area contributed by atoms with Gasteiger partial charge in [0.15, 0.2) is 0 Å². The van der Waals surface area contributed by atoms with E-state index in [1.807, 2.05) is 25.1 Å². The van der Waals surface area contributed by atoms with Crippen molar-refractivity contribution in [2.75, 3.05) is 26.2 Å². The summed E-state index contributed by atoms with van der Waals surface area (Å²) in [6, 6.07) is 15.2.